The SMILES string of the molecule is CC(=O)[C@@H](C)SC#N. The molecule has 0 bridgehead atoms. The van der Waals surface area contributed by atoms with E-state index in [4.69, 9.17) is 5.26 Å². The Kier molecular flexibility index (Phi) is 3.29. The number of carbonyl (C=O) groups is 1. The van der Waals surface area contributed by atoms with E-state index in [1.165, 1.54) is 6.92 Å². The Labute approximate surface area is 52.9 Å². The van der Waals surface area contributed by atoms with E-state index in [-0.39, 0.29) is 11.0 Å². The van der Waals surface area contributed by atoms with Crippen molar-refractivity contribution in [2.24, 2.45) is 0 Å². The van der Waals surface area contributed by atoms with E-state index in [1.54, 1.807) is 6.92 Å². The summed E-state index contributed by atoms with van der Waals surface area (Å²) < 4.78 is 0. The van der Waals surface area contributed by atoms with Crippen LogP contribution in [-0.2, 0) is 4.79 Å². The van der Waals surface area contributed by atoms with Gasteiger partial charge in [-0.3, -0.25) is 4.79 Å². The highest BCUT2D eigenvalue weighted by molar-refractivity contribution is 8.04. The van der Waals surface area contributed by atoms with Crippen LogP contribution in [0.5, 0.6) is 0 Å². The highest BCUT2D eigenvalue weighted by atomic mass is 32.2. The lowest BCUT2D eigenvalue weighted by molar-refractivity contribution is -0.116. The molecule has 0 saturated heterocycles. The number of nitriles is 1. The molecule has 0 rings (SSSR count). The molecule has 0 fully saturated rings. The molecule has 0 aliphatic heterocycles. The summed E-state index contributed by atoms with van der Waals surface area (Å²) in [7, 11) is 0. The van der Waals surface area contributed by atoms with Crippen molar-refractivity contribution in [3.8, 4) is 5.40 Å². The third kappa shape index (κ3) is 2.64. The molecule has 44 valence electrons. The number of Topliss-reactive ketones (excluding diaryl/α,β-unsaturated/α-hetero) is 1. The van der Waals surface area contributed by atoms with Crippen molar-refractivity contribution in [1.82, 2.24) is 0 Å². The lowest BCUT2D eigenvalue weighted by Crippen LogP contribution is -2.06. The summed E-state index contributed by atoms with van der Waals surface area (Å²) in [6.45, 7) is 3.20. The van der Waals surface area contributed by atoms with Crippen LogP contribution >= 0.6 is 11.8 Å². The largest absolute Gasteiger partial charge is 0.299 e. The van der Waals surface area contributed by atoms with Gasteiger partial charge in [0.05, 0.1) is 5.25 Å². The summed E-state index contributed by atoms with van der Waals surface area (Å²) in [5, 5.41) is 9.72. The molecule has 0 aromatic heterocycles. The highest BCUT2D eigenvalue weighted by Gasteiger charge is 2.05. The zero-order valence-electron chi connectivity index (χ0n) is 4.84. The monoisotopic (exact) mass is 129 g/mol. The van der Waals surface area contributed by atoms with Crippen molar-refractivity contribution in [2.75, 3.05) is 0 Å². The Bertz CT molecular complexity index is 127. The fraction of sp³-hybridized carbons (Fsp3) is 0.600. The second-order valence-electron chi connectivity index (χ2n) is 1.46. The van der Waals surface area contributed by atoms with Crippen LogP contribution in [0.3, 0.4) is 0 Å². The van der Waals surface area contributed by atoms with Crippen molar-refractivity contribution in [2.45, 2.75) is 19.1 Å². The zero-order valence-corrected chi connectivity index (χ0v) is 5.66. The number of ketones is 1. The number of carbonyl (C=O) groups excluding carboxylic acids is 1. The van der Waals surface area contributed by atoms with Gasteiger partial charge in [-0.25, -0.2) is 0 Å². The van der Waals surface area contributed by atoms with E-state index in [0.29, 0.717) is 0 Å². The third-order valence-corrected chi connectivity index (χ3v) is 1.59. The molecule has 0 spiro atoms. The summed E-state index contributed by atoms with van der Waals surface area (Å²) in [6, 6.07) is 0. The van der Waals surface area contributed by atoms with Crippen molar-refractivity contribution in [3.05, 3.63) is 0 Å². The zero-order chi connectivity index (χ0) is 6.57. The van der Waals surface area contributed by atoms with Gasteiger partial charge in [0.2, 0.25) is 0 Å². The molecule has 3 heteroatoms. The number of thioether (sulfide) groups is 1. The average Bonchev–Trinajstić information content (AvgIpc) is 1.67. The van der Waals surface area contributed by atoms with Gasteiger partial charge < -0.3 is 0 Å². The van der Waals surface area contributed by atoms with Crippen molar-refractivity contribution in [1.29, 1.82) is 5.26 Å². The number of rotatable bonds is 2. The van der Waals surface area contributed by atoms with Gasteiger partial charge in [0.1, 0.15) is 11.2 Å². The van der Waals surface area contributed by atoms with E-state index >= 15 is 0 Å². The molecule has 0 unspecified atom stereocenters. The lowest BCUT2D eigenvalue weighted by Gasteiger charge is -1.95. The first-order valence-electron chi connectivity index (χ1n) is 2.23. The topological polar surface area (TPSA) is 40.9 Å². The maximum Gasteiger partial charge on any atom is 0.143 e. The van der Waals surface area contributed by atoms with Crippen LogP contribution in [0.4, 0.5) is 0 Å². The van der Waals surface area contributed by atoms with Crippen LogP contribution < -0.4 is 0 Å². The second kappa shape index (κ2) is 3.50. The summed E-state index contributed by atoms with van der Waals surface area (Å²) in [5.41, 5.74) is 0. The predicted molar refractivity (Wildman–Crippen MR) is 33.3 cm³/mol. The van der Waals surface area contributed by atoms with Gasteiger partial charge in [-0.05, 0) is 25.6 Å². The van der Waals surface area contributed by atoms with Gasteiger partial charge in [0, 0.05) is 0 Å². The Balaban J connectivity index is 3.52. The number of nitrogens with zero attached hydrogens (tertiary/aromatic N) is 1. The molecule has 0 aliphatic rings. The van der Waals surface area contributed by atoms with Crippen molar-refractivity contribution in [3.63, 3.8) is 0 Å². The van der Waals surface area contributed by atoms with Crippen molar-refractivity contribution >= 4 is 17.5 Å². The molecule has 0 aromatic carbocycles. The molecule has 0 N–H and O–H groups in total. The summed E-state index contributed by atoms with van der Waals surface area (Å²) >= 11 is 0.995. The first-order chi connectivity index (χ1) is 3.68. The van der Waals surface area contributed by atoms with E-state index in [9.17, 15) is 4.79 Å². The minimum absolute atomic E-state index is 0.0524. The van der Waals surface area contributed by atoms with Crippen LogP contribution in [-0.4, -0.2) is 11.0 Å². The minimum atomic E-state index is -0.167. The fourth-order valence-electron chi connectivity index (χ4n) is 0.162. The summed E-state index contributed by atoms with van der Waals surface area (Å²) in [6.07, 6.45) is 0. The normalized spacial score (nSPS) is 12.1. The number of hydrogen-bond donors (Lipinski definition) is 0. The van der Waals surface area contributed by atoms with Crippen LogP contribution in [0, 0.1) is 10.7 Å². The molecule has 0 saturated carbocycles. The average molecular weight is 129 g/mol. The van der Waals surface area contributed by atoms with Gasteiger partial charge in [-0.1, -0.05) is 0 Å². The predicted octanol–water partition coefficient (Wildman–Crippen LogP) is 1.18. The Morgan fingerprint density at radius 2 is 2.38 bits per heavy atom. The van der Waals surface area contributed by atoms with E-state index in [2.05, 4.69) is 0 Å². The van der Waals surface area contributed by atoms with E-state index < -0.39 is 0 Å². The Morgan fingerprint density at radius 1 is 1.88 bits per heavy atom. The highest BCUT2D eigenvalue weighted by Crippen LogP contribution is 2.07. The Hall–Kier alpha value is -0.490. The summed E-state index contributed by atoms with van der Waals surface area (Å²) in [5.74, 6) is 0.0524. The van der Waals surface area contributed by atoms with Crippen molar-refractivity contribution < 1.29 is 4.79 Å². The molecule has 1 atom stereocenters. The number of hydrogen-bond acceptors (Lipinski definition) is 3. The van der Waals surface area contributed by atoms with Gasteiger partial charge in [0.25, 0.3) is 0 Å². The molecular formula is C5H7NOS. The minimum Gasteiger partial charge on any atom is -0.299 e. The molecular weight excluding hydrogens is 122 g/mol. The lowest BCUT2D eigenvalue weighted by atomic mass is 10.3. The van der Waals surface area contributed by atoms with Gasteiger partial charge in [-0.2, -0.15) is 5.26 Å². The smallest absolute Gasteiger partial charge is 0.143 e. The van der Waals surface area contributed by atoms with E-state index in [1.807, 2.05) is 5.40 Å². The van der Waals surface area contributed by atoms with Gasteiger partial charge >= 0.3 is 0 Å². The molecule has 0 radical (unpaired) electrons. The van der Waals surface area contributed by atoms with Gasteiger partial charge in [-0.15, -0.1) is 0 Å². The standard InChI is InChI=1S/C5H7NOS/c1-4(7)5(2)8-3-6/h5H,1-2H3/t5-/m1/s1. The van der Waals surface area contributed by atoms with Crippen LogP contribution in [0.2, 0.25) is 0 Å². The maximum absolute atomic E-state index is 10.4. The van der Waals surface area contributed by atoms with Gasteiger partial charge in [0.15, 0.2) is 0 Å². The Morgan fingerprint density at radius 3 is 2.50 bits per heavy atom. The molecule has 0 heterocycles. The maximum atomic E-state index is 10.4. The van der Waals surface area contributed by atoms with Crippen LogP contribution in [0.25, 0.3) is 0 Å². The number of thiocyanates is 1. The van der Waals surface area contributed by atoms with Crippen LogP contribution in [0.1, 0.15) is 13.8 Å². The molecule has 0 aromatic rings. The third-order valence-electron chi connectivity index (χ3n) is 0.802. The fourth-order valence-corrected chi connectivity index (χ4v) is 0.486. The molecule has 0 amide bonds. The van der Waals surface area contributed by atoms with Crippen LogP contribution in [0.15, 0.2) is 0 Å². The quantitative estimate of drug-likeness (QED) is 0.525. The first-order valence-corrected chi connectivity index (χ1v) is 3.11. The first kappa shape index (κ1) is 7.51. The molecule has 2 nitrogen and oxygen atoms in total. The second-order valence-corrected chi connectivity index (χ2v) is 2.59. The van der Waals surface area contributed by atoms with E-state index in [0.717, 1.165) is 11.8 Å². The molecule has 8 heavy (non-hydrogen) atoms. The summed E-state index contributed by atoms with van der Waals surface area (Å²) in [4.78, 5) is 10.4. The molecule has 0 aliphatic carbocycles.